The lowest BCUT2D eigenvalue weighted by atomic mass is 10.1. The van der Waals surface area contributed by atoms with E-state index in [4.69, 9.17) is 16.3 Å². The number of amides is 1. The summed E-state index contributed by atoms with van der Waals surface area (Å²) in [6.45, 7) is 2.43. The Morgan fingerprint density at radius 1 is 1.21 bits per heavy atom. The van der Waals surface area contributed by atoms with Gasteiger partial charge in [-0.15, -0.1) is 11.3 Å². The molecule has 2 fully saturated rings. The van der Waals surface area contributed by atoms with Crippen molar-refractivity contribution in [3.63, 3.8) is 0 Å². The van der Waals surface area contributed by atoms with E-state index >= 15 is 4.39 Å². The number of carbonyl (C=O) groups excluding carboxylic acids is 1. The average molecular weight is 590 g/mol. The van der Waals surface area contributed by atoms with Crippen LogP contribution in [-0.2, 0) is 26.1 Å². The van der Waals surface area contributed by atoms with Gasteiger partial charge in [0.25, 0.3) is 10.0 Å². The van der Waals surface area contributed by atoms with Gasteiger partial charge in [0.1, 0.15) is 21.9 Å². The summed E-state index contributed by atoms with van der Waals surface area (Å²) in [6, 6.07) is 10.3. The number of nitrogens with one attached hydrogen (secondary N) is 1. The number of hydrogen-bond donors (Lipinski definition) is 1. The minimum atomic E-state index is -3.96. The van der Waals surface area contributed by atoms with Crippen molar-refractivity contribution in [1.29, 1.82) is 0 Å². The zero-order valence-corrected chi connectivity index (χ0v) is 23.3. The molecule has 0 aliphatic carbocycles. The van der Waals surface area contributed by atoms with Crippen LogP contribution in [0.15, 0.2) is 59.1 Å². The highest BCUT2D eigenvalue weighted by Crippen LogP contribution is 2.32. The summed E-state index contributed by atoms with van der Waals surface area (Å²) in [4.78, 5) is 21.0. The lowest BCUT2D eigenvalue weighted by molar-refractivity contribution is -0.118. The van der Waals surface area contributed by atoms with E-state index in [1.165, 1.54) is 11.0 Å². The molecule has 1 atom stereocenters. The molecule has 9 nitrogen and oxygen atoms in total. The van der Waals surface area contributed by atoms with E-state index in [0.717, 1.165) is 40.3 Å². The number of imidazole rings is 1. The summed E-state index contributed by atoms with van der Waals surface area (Å²) in [5.74, 6) is -0.302. The summed E-state index contributed by atoms with van der Waals surface area (Å²) >= 11 is 7.10. The fraction of sp³-hybridized carbons (Fsp3) is 0.308. The van der Waals surface area contributed by atoms with Crippen LogP contribution in [0.1, 0.15) is 12.2 Å². The first-order valence-electron chi connectivity index (χ1n) is 12.3. The topological polar surface area (TPSA) is 96.8 Å². The highest BCUT2D eigenvalue weighted by molar-refractivity contribution is 7.91. The van der Waals surface area contributed by atoms with Crippen LogP contribution in [0.5, 0.6) is 0 Å². The quantitative estimate of drug-likeness (QED) is 0.336. The van der Waals surface area contributed by atoms with Gasteiger partial charge in [-0.1, -0.05) is 17.7 Å². The molecule has 1 amide bonds. The van der Waals surface area contributed by atoms with Crippen molar-refractivity contribution >= 4 is 54.6 Å². The molecule has 2 aromatic heterocycles. The number of aromatic nitrogens is 2. The van der Waals surface area contributed by atoms with Gasteiger partial charge in [0, 0.05) is 60.6 Å². The predicted molar refractivity (Wildman–Crippen MR) is 148 cm³/mol. The van der Waals surface area contributed by atoms with Gasteiger partial charge in [-0.25, -0.2) is 17.8 Å². The molecule has 0 spiro atoms. The maximum atomic E-state index is 15.3. The molecule has 4 heterocycles. The molecule has 13 heteroatoms. The van der Waals surface area contributed by atoms with Gasteiger partial charge in [0.2, 0.25) is 5.91 Å². The van der Waals surface area contributed by atoms with Crippen molar-refractivity contribution in [1.82, 2.24) is 19.2 Å². The van der Waals surface area contributed by atoms with Crippen molar-refractivity contribution in [2.45, 2.75) is 29.3 Å². The smallest absolute Gasteiger partial charge is 0.250 e. The number of rotatable bonds is 8. The van der Waals surface area contributed by atoms with Gasteiger partial charge < -0.3 is 14.2 Å². The monoisotopic (exact) mass is 589 g/mol. The highest BCUT2D eigenvalue weighted by atomic mass is 35.5. The Hall–Kier alpha value is -2.87. The van der Waals surface area contributed by atoms with E-state index < -0.39 is 27.8 Å². The number of anilines is 1. The van der Waals surface area contributed by atoms with Gasteiger partial charge in [0.15, 0.2) is 0 Å². The van der Waals surface area contributed by atoms with Gasteiger partial charge >= 0.3 is 0 Å². The third-order valence-electron chi connectivity index (χ3n) is 7.07. The molecule has 0 bridgehead atoms. The number of likely N-dealkylation sites (tertiary alicyclic amines) is 1. The predicted octanol–water partition coefficient (Wildman–Crippen LogP) is 3.79. The molecule has 6 rings (SSSR count). The Morgan fingerprint density at radius 3 is 2.79 bits per heavy atom. The van der Waals surface area contributed by atoms with E-state index in [9.17, 15) is 13.2 Å². The first kappa shape index (κ1) is 26.4. The first-order chi connectivity index (χ1) is 18.7. The SMILES string of the molecule is COC1CN(Cc2nccn2-c2ccc(N3CCC(NS(=O)(=O)c4cc5ccc(Cl)cc5s4)C3=O)c(F)c2)C1. The number of methoxy groups -OCH3 is 1. The minimum Gasteiger partial charge on any atom is -0.379 e. The standard InChI is InChI=1S/C26H25ClFN5O4S2/c1-37-19-13-31(14-19)15-24-29-7-9-32(24)18-4-5-22(20(28)12-18)33-8-6-21(26(33)34)30-39(35,36)25-10-16-2-3-17(27)11-23(16)38-25/h2-5,7,9-12,19,21,30H,6,8,13-15H2,1H3. The molecular weight excluding hydrogens is 565 g/mol. The molecule has 2 aliphatic rings. The molecule has 1 unspecified atom stereocenters. The number of fused-ring (bicyclic) bond motifs is 1. The zero-order valence-electron chi connectivity index (χ0n) is 20.9. The van der Waals surface area contributed by atoms with E-state index in [1.807, 2.05) is 4.57 Å². The lowest BCUT2D eigenvalue weighted by Gasteiger charge is -2.37. The summed E-state index contributed by atoms with van der Waals surface area (Å²) < 4.78 is 51.9. The average Bonchev–Trinajstić information content (AvgIpc) is 3.60. The molecule has 39 heavy (non-hydrogen) atoms. The number of thiophene rings is 1. The Balaban J connectivity index is 1.16. The molecule has 1 N–H and O–H groups in total. The number of benzene rings is 2. The molecule has 0 radical (unpaired) electrons. The summed E-state index contributed by atoms with van der Waals surface area (Å²) in [6.07, 6.45) is 3.88. The number of nitrogens with zero attached hydrogens (tertiary/aromatic N) is 4. The summed E-state index contributed by atoms with van der Waals surface area (Å²) in [5, 5.41) is 1.26. The van der Waals surface area contributed by atoms with Gasteiger partial charge in [-0.2, -0.15) is 4.72 Å². The van der Waals surface area contributed by atoms with E-state index in [-0.39, 0.29) is 29.0 Å². The van der Waals surface area contributed by atoms with Crippen molar-refractivity contribution in [2.75, 3.05) is 31.6 Å². The van der Waals surface area contributed by atoms with Crippen molar-refractivity contribution < 1.29 is 22.3 Å². The van der Waals surface area contributed by atoms with E-state index in [0.29, 0.717) is 17.3 Å². The number of carbonyl (C=O) groups is 1. The molecule has 4 aromatic rings. The number of halogens is 2. The summed E-state index contributed by atoms with van der Waals surface area (Å²) in [7, 11) is -2.27. The maximum absolute atomic E-state index is 15.3. The van der Waals surface area contributed by atoms with Crippen LogP contribution >= 0.6 is 22.9 Å². The Bertz CT molecular complexity index is 1670. The van der Waals surface area contributed by atoms with Crippen LogP contribution in [0.25, 0.3) is 15.8 Å². The molecule has 2 aromatic carbocycles. The molecule has 2 saturated heterocycles. The molecular formula is C26H25ClFN5O4S2. The number of hydrogen-bond acceptors (Lipinski definition) is 7. The van der Waals surface area contributed by atoms with Gasteiger partial charge in [-0.05, 0) is 42.1 Å². The Morgan fingerprint density at radius 2 is 2.03 bits per heavy atom. The van der Waals surface area contributed by atoms with Crippen LogP contribution < -0.4 is 9.62 Å². The van der Waals surface area contributed by atoms with Crippen LogP contribution in [0.2, 0.25) is 5.02 Å². The van der Waals surface area contributed by atoms with Crippen LogP contribution in [-0.4, -0.2) is 67.7 Å². The second-order valence-corrected chi connectivity index (χ2v) is 13.1. The van der Waals surface area contributed by atoms with Gasteiger partial charge in [0.05, 0.1) is 18.3 Å². The number of sulfonamides is 1. The molecule has 204 valence electrons. The maximum Gasteiger partial charge on any atom is 0.250 e. The first-order valence-corrected chi connectivity index (χ1v) is 15.0. The fourth-order valence-corrected chi connectivity index (χ4v) is 7.85. The van der Waals surface area contributed by atoms with Crippen LogP contribution in [0, 0.1) is 5.82 Å². The van der Waals surface area contributed by atoms with Crippen molar-refractivity contribution in [3.05, 3.63) is 71.5 Å². The van der Waals surface area contributed by atoms with Crippen molar-refractivity contribution in [2.24, 2.45) is 0 Å². The second kappa shape index (κ2) is 10.3. The Kier molecular flexibility index (Phi) is 6.94. The third kappa shape index (κ3) is 5.08. The Labute approximate surface area is 233 Å². The summed E-state index contributed by atoms with van der Waals surface area (Å²) in [5.41, 5.74) is 0.690. The van der Waals surface area contributed by atoms with Crippen molar-refractivity contribution in [3.8, 4) is 5.69 Å². The van der Waals surface area contributed by atoms with E-state index in [1.54, 1.807) is 55.9 Å². The largest absolute Gasteiger partial charge is 0.379 e. The number of ether oxygens (including phenoxy) is 1. The second-order valence-electron chi connectivity index (χ2n) is 9.60. The van der Waals surface area contributed by atoms with Gasteiger partial charge in [-0.3, -0.25) is 9.69 Å². The molecule has 0 saturated carbocycles. The highest BCUT2D eigenvalue weighted by Gasteiger charge is 2.37. The minimum absolute atomic E-state index is 0.0913. The lowest BCUT2D eigenvalue weighted by Crippen LogP contribution is -2.51. The third-order valence-corrected chi connectivity index (χ3v) is 10.3. The fourth-order valence-electron chi connectivity index (χ4n) is 4.94. The van der Waals surface area contributed by atoms with Crippen LogP contribution in [0.4, 0.5) is 10.1 Å². The van der Waals surface area contributed by atoms with Crippen LogP contribution in [0.3, 0.4) is 0 Å². The zero-order chi connectivity index (χ0) is 27.3. The molecule has 2 aliphatic heterocycles. The normalized spacial score (nSPS) is 18.8. The van der Waals surface area contributed by atoms with E-state index in [2.05, 4.69) is 14.6 Å².